The summed E-state index contributed by atoms with van der Waals surface area (Å²) < 4.78 is 16.0. The van der Waals surface area contributed by atoms with E-state index in [1.54, 1.807) is 12.1 Å². The third-order valence-corrected chi connectivity index (χ3v) is 4.11. The van der Waals surface area contributed by atoms with Gasteiger partial charge in [-0.1, -0.05) is 12.1 Å². The minimum atomic E-state index is -0.312. The van der Waals surface area contributed by atoms with Gasteiger partial charge in [0.05, 0.1) is 44.0 Å². The maximum atomic E-state index is 12.8. The van der Waals surface area contributed by atoms with Crippen LogP contribution >= 0.6 is 0 Å². The van der Waals surface area contributed by atoms with Crippen molar-refractivity contribution in [3.05, 3.63) is 47.8 Å². The van der Waals surface area contributed by atoms with Crippen molar-refractivity contribution in [3.8, 4) is 17.2 Å². The molecule has 26 heavy (non-hydrogen) atoms. The lowest BCUT2D eigenvalue weighted by Crippen LogP contribution is -2.27. The molecular weight excluding hydrogens is 334 g/mol. The molecule has 7 heteroatoms. The molecular formula is C19H21N3O4. The number of H-pyrrole nitrogens is 1. The minimum absolute atomic E-state index is 0.296. The summed E-state index contributed by atoms with van der Waals surface area (Å²) in [5, 5.41) is 2.93. The number of benzene rings is 2. The van der Waals surface area contributed by atoms with Gasteiger partial charge in [-0.05, 0) is 31.2 Å². The average Bonchev–Trinajstić information content (AvgIpc) is 3.10. The maximum Gasteiger partial charge on any atom is 0.255 e. The molecule has 0 aliphatic carbocycles. The second kappa shape index (κ2) is 7.35. The van der Waals surface area contributed by atoms with Gasteiger partial charge < -0.3 is 24.5 Å². The van der Waals surface area contributed by atoms with Crippen LogP contribution in [0.25, 0.3) is 11.0 Å². The lowest BCUT2D eigenvalue weighted by atomic mass is 10.1. The molecule has 0 saturated heterocycles. The van der Waals surface area contributed by atoms with Crippen LogP contribution < -0.4 is 19.5 Å². The predicted octanol–water partition coefficient (Wildman–Crippen LogP) is 3.08. The lowest BCUT2D eigenvalue weighted by Gasteiger charge is -2.17. The first kappa shape index (κ1) is 17.6. The van der Waals surface area contributed by atoms with Gasteiger partial charge in [-0.25, -0.2) is 4.98 Å². The van der Waals surface area contributed by atoms with Gasteiger partial charge in [-0.15, -0.1) is 0 Å². The number of carbonyl (C=O) groups excluding carboxylic acids is 1. The molecule has 3 rings (SSSR count). The highest BCUT2D eigenvalue weighted by Crippen LogP contribution is 2.39. The second-order valence-electron chi connectivity index (χ2n) is 5.72. The summed E-state index contributed by atoms with van der Waals surface area (Å²) in [5.74, 6) is 1.57. The smallest absolute Gasteiger partial charge is 0.255 e. The lowest BCUT2D eigenvalue weighted by molar-refractivity contribution is 0.0934. The Morgan fingerprint density at radius 1 is 1.04 bits per heavy atom. The van der Waals surface area contributed by atoms with Crippen LogP contribution in [0.15, 0.2) is 36.4 Å². The van der Waals surface area contributed by atoms with Crippen LogP contribution in [0, 0.1) is 0 Å². The fourth-order valence-electron chi connectivity index (χ4n) is 2.80. The Bertz CT molecular complexity index is 903. The van der Waals surface area contributed by atoms with Gasteiger partial charge in [0.2, 0.25) is 5.75 Å². The van der Waals surface area contributed by atoms with Crippen molar-refractivity contribution in [2.45, 2.75) is 13.0 Å². The van der Waals surface area contributed by atoms with E-state index < -0.39 is 0 Å². The fraction of sp³-hybridized carbons (Fsp3) is 0.263. The quantitative estimate of drug-likeness (QED) is 0.710. The Morgan fingerprint density at radius 3 is 2.42 bits per heavy atom. The van der Waals surface area contributed by atoms with Crippen LogP contribution in [-0.4, -0.2) is 37.2 Å². The van der Waals surface area contributed by atoms with Gasteiger partial charge in [-0.2, -0.15) is 0 Å². The van der Waals surface area contributed by atoms with Gasteiger partial charge in [-0.3, -0.25) is 4.79 Å². The Hall–Kier alpha value is -3.22. The molecule has 0 radical (unpaired) electrons. The third kappa shape index (κ3) is 3.15. The Kier molecular flexibility index (Phi) is 4.97. The first-order valence-corrected chi connectivity index (χ1v) is 8.13. The molecule has 1 aromatic heterocycles. The number of nitrogens with zero attached hydrogens (tertiary/aromatic N) is 1. The summed E-state index contributed by atoms with van der Waals surface area (Å²) in [6.07, 6.45) is 0. The van der Waals surface area contributed by atoms with Crippen molar-refractivity contribution in [2.24, 2.45) is 0 Å². The number of amides is 1. The molecule has 0 bridgehead atoms. The first-order valence-electron chi connectivity index (χ1n) is 8.13. The van der Waals surface area contributed by atoms with E-state index in [4.69, 9.17) is 14.2 Å². The fourth-order valence-corrected chi connectivity index (χ4v) is 2.80. The van der Waals surface area contributed by atoms with Crippen LogP contribution in [0.3, 0.4) is 0 Å². The SMILES string of the molecule is COc1ccc(C(=O)NC(C)c2nc3ccccc3[nH]2)c(OC)c1OC. The van der Waals surface area contributed by atoms with Gasteiger partial charge in [0.25, 0.3) is 5.91 Å². The van der Waals surface area contributed by atoms with Crippen LogP contribution in [0.1, 0.15) is 29.1 Å². The van der Waals surface area contributed by atoms with Crippen LogP contribution in [0.4, 0.5) is 0 Å². The van der Waals surface area contributed by atoms with E-state index in [-0.39, 0.29) is 11.9 Å². The van der Waals surface area contributed by atoms with Gasteiger partial charge in [0.15, 0.2) is 11.5 Å². The van der Waals surface area contributed by atoms with Crippen molar-refractivity contribution in [3.63, 3.8) is 0 Å². The van der Waals surface area contributed by atoms with Crippen molar-refractivity contribution < 1.29 is 19.0 Å². The molecule has 1 unspecified atom stereocenters. The summed E-state index contributed by atoms with van der Waals surface area (Å²) in [6, 6.07) is 10.7. The largest absolute Gasteiger partial charge is 0.493 e. The first-order chi connectivity index (χ1) is 12.6. The molecule has 0 spiro atoms. The highest BCUT2D eigenvalue weighted by Gasteiger charge is 2.22. The van der Waals surface area contributed by atoms with Crippen LogP contribution in [0.2, 0.25) is 0 Å². The zero-order chi connectivity index (χ0) is 18.7. The van der Waals surface area contributed by atoms with Crippen molar-refractivity contribution >= 4 is 16.9 Å². The molecule has 0 fully saturated rings. The second-order valence-corrected chi connectivity index (χ2v) is 5.72. The summed E-state index contributed by atoms with van der Waals surface area (Å²) in [4.78, 5) is 20.5. The molecule has 2 aromatic carbocycles. The highest BCUT2D eigenvalue weighted by atomic mass is 16.5. The number of carbonyl (C=O) groups is 1. The molecule has 1 amide bonds. The molecule has 136 valence electrons. The summed E-state index contributed by atoms with van der Waals surface area (Å²) in [5.41, 5.74) is 2.13. The predicted molar refractivity (Wildman–Crippen MR) is 98.1 cm³/mol. The van der Waals surface area contributed by atoms with Gasteiger partial charge in [0, 0.05) is 0 Å². The molecule has 1 atom stereocenters. The summed E-state index contributed by atoms with van der Waals surface area (Å²) in [7, 11) is 4.51. The Morgan fingerprint density at radius 2 is 1.77 bits per heavy atom. The number of hydrogen-bond acceptors (Lipinski definition) is 5. The molecule has 0 aliphatic heterocycles. The Labute approximate surface area is 151 Å². The molecule has 0 saturated carbocycles. The highest BCUT2D eigenvalue weighted by molar-refractivity contribution is 5.98. The van der Waals surface area contributed by atoms with Crippen molar-refractivity contribution in [1.82, 2.24) is 15.3 Å². The Balaban J connectivity index is 1.87. The number of fused-ring (bicyclic) bond motifs is 1. The molecule has 3 aromatic rings. The number of hydrogen-bond donors (Lipinski definition) is 2. The number of ether oxygens (including phenoxy) is 3. The van der Waals surface area contributed by atoms with Gasteiger partial charge in [0.1, 0.15) is 5.82 Å². The van der Waals surface area contributed by atoms with Crippen LogP contribution in [-0.2, 0) is 0 Å². The zero-order valence-electron chi connectivity index (χ0n) is 15.1. The zero-order valence-corrected chi connectivity index (χ0v) is 15.1. The van der Waals surface area contributed by atoms with E-state index in [9.17, 15) is 4.79 Å². The molecule has 0 aliphatic rings. The van der Waals surface area contributed by atoms with E-state index in [0.717, 1.165) is 11.0 Å². The van der Waals surface area contributed by atoms with Crippen molar-refractivity contribution in [1.29, 1.82) is 0 Å². The topological polar surface area (TPSA) is 85.5 Å². The number of aromatic amines is 1. The van der Waals surface area contributed by atoms with E-state index in [1.165, 1.54) is 21.3 Å². The molecule has 7 nitrogen and oxygen atoms in total. The number of nitrogens with one attached hydrogen (secondary N) is 2. The maximum absolute atomic E-state index is 12.8. The van der Waals surface area contributed by atoms with E-state index in [0.29, 0.717) is 28.6 Å². The number of methoxy groups -OCH3 is 3. The van der Waals surface area contributed by atoms with Crippen molar-refractivity contribution in [2.75, 3.05) is 21.3 Å². The van der Waals surface area contributed by atoms with E-state index in [2.05, 4.69) is 15.3 Å². The monoisotopic (exact) mass is 355 g/mol. The van der Waals surface area contributed by atoms with E-state index >= 15 is 0 Å². The van der Waals surface area contributed by atoms with Crippen LogP contribution in [0.5, 0.6) is 17.2 Å². The molecule has 1 heterocycles. The number of rotatable bonds is 6. The minimum Gasteiger partial charge on any atom is -0.493 e. The van der Waals surface area contributed by atoms with E-state index in [1.807, 2.05) is 31.2 Å². The third-order valence-electron chi connectivity index (χ3n) is 4.11. The average molecular weight is 355 g/mol. The number of para-hydroxylation sites is 2. The summed E-state index contributed by atoms with van der Waals surface area (Å²) >= 11 is 0. The normalized spacial score (nSPS) is 11.8. The summed E-state index contributed by atoms with van der Waals surface area (Å²) in [6.45, 7) is 1.86. The standard InChI is InChI=1S/C19H21N3O4/c1-11(18-21-13-7-5-6-8-14(13)22-18)20-19(23)12-9-10-15(24-2)17(26-4)16(12)25-3/h5-11H,1-4H3,(H,20,23)(H,21,22). The molecule has 2 N–H and O–H groups in total. The number of aromatic nitrogens is 2. The van der Waals surface area contributed by atoms with Gasteiger partial charge >= 0.3 is 0 Å². The number of imidazole rings is 1.